The van der Waals surface area contributed by atoms with Gasteiger partial charge in [-0.25, -0.2) is 0 Å². The highest BCUT2D eigenvalue weighted by atomic mass is 16.3. The average molecular weight is 481 g/mol. The molecule has 0 bridgehead atoms. The van der Waals surface area contributed by atoms with Gasteiger partial charge in [0.1, 0.15) is 11.5 Å². The van der Waals surface area contributed by atoms with E-state index >= 15 is 0 Å². The summed E-state index contributed by atoms with van der Waals surface area (Å²) in [6.45, 7) is 4.02. The van der Waals surface area contributed by atoms with Crippen LogP contribution in [0.3, 0.4) is 0 Å². The van der Waals surface area contributed by atoms with E-state index in [1.165, 1.54) is 12.1 Å². The predicted octanol–water partition coefficient (Wildman–Crippen LogP) is 5.48. The molecule has 4 aromatic carbocycles. The molecule has 4 aromatic rings. The fourth-order valence-corrected chi connectivity index (χ4v) is 4.13. The summed E-state index contributed by atoms with van der Waals surface area (Å²) in [5.74, 6) is -1.74. The first-order valence-corrected chi connectivity index (χ1v) is 11.7. The average Bonchev–Trinajstić information content (AvgIpc) is 2.92. The second kappa shape index (κ2) is 10.8. The molecule has 4 N–H and O–H groups in total. The Morgan fingerprint density at radius 3 is 1.28 bits per heavy atom. The zero-order valence-electron chi connectivity index (χ0n) is 20.1. The molecule has 6 nitrogen and oxygen atoms in total. The molecule has 2 amide bonds. The van der Waals surface area contributed by atoms with Crippen molar-refractivity contribution in [1.82, 2.24) is 10.9 Å². The fraction of sp³-hybridized carbons (Fsp3) is 0.133. The van der Waals surface area contributed by atoms with Crippen LogP contribution < -0.4 is 10.9 Å². The van der Waals surface area contributed by atoms with Crippen molar-refractivity contribution in [2.75, 3.05) is 0 Å². The Balaban J connectivity index is 1.48. The SMILES string of the molecule is CC(c1ccccc1)c1ccc(O)c(C(=O)NNC(=O)c2cc(C(C)c3ccccc3)ccc2O)c1. The van der Waals surface area contributed by atoms with Gasteiger partial charge >= 0.3 is 0 Å². The molecule has 2 unspecified atom stereocenters. The Bertz CT molecular complexity index is 1260. The van der Waals surface area contributed by atoms with Crippen molar-refractivity contribution in [3.63, 3.8) is 0 Å². The molecule has 0 radical (unpaired) electrons. The zero-order chi connectivity index (χ0) is 25.7. The van der Waals surface area contributed by atoms with Crippen molar-refractivity contribution in [2.24, 2.45) is 0 Å². The van der Waals surface area contributed by atoms with E-state index in [1.807, 2.05) is 74.5 Å². The summed E-state index contributed by atoms with van der Waals surface area (Å²) in [6.07, 6.45) is 0. The molecule has 36 heavy (non-hydrogen) atoms. The number of hydrogen-bond acceptors (Lipinski definition) is 4. The van der Waals surface area contributed by atoms with Crippen LogP contribution in [0.5, 0.6) is 11.5 Å². The van der Waals surface area contributed by atoms with E-state index in [2.05, 4.69) is 10.9 Å². The molecule has 2 atom stereocenters. The summed E-state index contributed by atoms with van der Waals surface area (Å²) in [5.41, 5.74) is 8.58. The highest BCUT2D eigenvalue weighted by molar-refractivity contribution is 6.01. The summed E-state index contributed by atoms with van der Waals surface area (Å²) >= 11 is 0. The van der Waals surface area contributed by atoms with Gasteiger partial charge in [-0.05, 0) is 46.5 Å². The number of benzene rings is 4. The second-order valence-corrected chi connectivity index (χ2v) is 8.73. The van der Waals surface area contributed by atoms with Gasteiger partial charge in [0.25, 0.3) is 11.8 Å². The molecule has 4 rings (SSSR count). The van der Waals surface area contributed by atoms with E-state index in [-0.39, 0.29) is 34.5 Å². The third-order valence-electron chi connectivity index (χ3n) is 6.42. The molecule has 0 aromatic heterocycles. The van der Waals surface area contributed by atoms with E-state index < -0.39 is 11.8 Å². The summed E-state index contributed by atoms with van der Waals surface area (Å²) in [5, 5.41) is 20.6. The topological polar surface area (TPSA) is 98.7 Å². The summed E-state index contributed by atoms with van der Waals surface area (Å²) < 4.78 is 0. The van der Waals surface area contributed by atoms with E-state index in [4.69, 9.17) is 0 Å². The Kier molecular flexibility index (Phi) is 7.35. The van der Waals surface area contributed by atoms with E-state index in [0.717, 1.165) is 22.3 Å². The zero-order valence-corrected chi connectivity index (χ0v) is 20.1. The summed E-state index contributed by atoms with van der Waals surface area (Å²) in [6, 6.07) is 29.3. The van der Waals surface area contributed by atoms with Crippen molar-refractivity contribution in [1.29, 1.82) is 0 Å². The number of phenols is 2. The highest BCUT2D eigenvalue weighted by Crippen LogP contribution is 2.29. The smallest absolute Gasteiger partial charge is 0.273 e. The van der Waals surface area contributed by atoms with Crippen molar-refractivity contribution in [3.8, 4) is 11.5 Å². The van der Waals surface area contributed by atoms with Gasteiger partial charge in [0.15, 0.2) is 0 Å². The van der Waals surface area contributed by atoms with Crippen LogP contribution in [0.15, 0.2) is 97.1 Å². The molecule has 0 aliphatic rings. The Hall–Kier alpha value is -4.58. The number of rotatable bonds is 6. The first-order chi connectivity index (χ1) is 17.3. The molecular formula is C30H28N2O4. The lowest BCUT2D eigenvalue weighted by molar-refractivity contribution is 0.0843. The molecular weight excluding hydrogens is 452 g/mol. The number of carbonyl (C=O) groups excluding carboxylic acids is 2. The minimum absolute atomic E-state index is 0.000711. The molecule has 0 saturated heterocycles. The first-order valence-electron chi connectivity index (χ1n) is 11.7. The Morgan fingerprint density at radius 1 is 0.556 bits per heavy atom. The first kappa shape index (κ1) is 24.5. The van der Waals surface area contributed by atoms with Crippen LogP contribution >= 0.6 is 0 Å². The van der Waals surface area contributed by atoms with Crippen LogP contribution in [0, 0.1) is 0 Å². The molecule has 0 spiro atoms. The van der Waals surface area contributed by atoms with Crippen molar-refractivity contribution >= 4 is 11.8 Å². The largest absolute Gasteiger partial charge is 0.507 e. The Labute approximate surface area is 210 Å². The Morgan fingerprint density at radius 2 is 0.917 bits per heavy atom. The lowest BCUT2D eigenvalue weighted by Crippen LogP contribution is -2.41. The predicted molar refractivity (Wildman–Crippen MR) is 139 cm³/mol. The third-order valence-corrected chi connectivity index (χ3v) is 6.42. The van der Waals surface area contributed by atoms with Crippen LogP contribution in [0.2, 0.25) is 0 Å². The number of nitrogens with one attached hydrogen (secondary N) is 2. The number of hydrazine groups is 1. The second-order valence-electron chi connectivity index (χ2n) is 8.73. The molecule has 182 valence electrons. The maximum absolute atomic E-state index is 12.8. The normalized spacial score (nSPS) is 12.4. The number of phenolic OH excluding ortho intramolecular Hbond substituents is 2. The van der Waals surface area contributed by atoms with Gasteiger partial charge in [-0.3, -0.25) is 20.4 Å². The van der Waals surface area contributed by atoms with Crippen molar-refractivity contribution in [2.45, 2.75) is 25.7 Å². The van der Waals surface area contributed by atoms with Crippen molar-refractivity contribution < 1.29 is 19.8 Å². The third kappa shape index (κ3) is 5.39. The van der Waals surface area contributed by atoms with E-state index in [0.29, 0.717) is 0 Å². The minimum Gasteiger partial charge on any atom is -0.507 e. The number of carbonyl (C=O) groups is 2. The van der Waals surface area contributed by atoms with Gasteiger partial charge in [-0.1, -0.05) is 86.6 Å². The lowest BCUT2D eigenvalue weighted by atomic mass is 9.91. The van der Waals surface area contributed by atoms with Crippen LogP contribution in [-0.2, 0) is 0 Å². The summed E-state index contributed by atoms with van der Waals surface area (Å²) in [7, 11) is 0. The lowest BCUT2D eigenvalue weighted by Gasteiger charge is -2.16. The van der Waals surface area contributed by atoms with Crippen LogP contribution in [0.4, 0.5) is 0 Å². The molecule has 0 heterocycles. The molecule has 0 saturated carbocycles. The molecule has 0 aliphatic heterocycles. The van der Waals surface area contributed by atoms with Crippen molar-refractivity contribution in [3.05, 3.63) is 130 Å². The number of amides is 2. The standard InChI is InChI=1S/C30H28N2O4/c1-19(21-9-5-3-6-10-21)23-13-15-27(33)25(17-23)29(35)31-32-30(36)26-18-24(14-16-28(26)34)20(2)22-11-7-4-8-12-22/h3-20,33-34H,1-2H3,(H,31,35)(H,32,36). The number of hydrogen-bond donors (Lipinski definition) is 4. The monoisotopic (exact) mass is 480 g/mol. The van der Waals surface area contributed by atoms with Gasteiger partial charge in [-0.2, -0.15) is 0 Å². The minimum atomic E-state index is -0.670. The quantitative estimate of drug-likeness (QED) is 0.275. The van der Waals surface area contributed by atoms with Gasteiger partial charge in [0, 0.05) is 11.8 Å². The molecule has 0 aliphatic carbocycles. The maximum atomic E-state index is 12.8. The van der Waals surface area contributed by atoms with E-state index in [1.54, 1.807) is 24.3 Å². The van der Waals surface area contributed by atoms with Gasteiger partial charge < -0.3 is 10.2 Å². The van der Waals surface area contributed by atoms with Crippen LogP contribution in [0.1, 0.15) is 68.7 Å². The van der Waals surface area contributed by atoms with E-state index in [9.17, 15) is 19.8 Å². The van der Waals surface area contributed by atoms with Gasteiger partial charge in [0.05, 0.1) is 11.1 Å². The fourth-order valence-electron chi connectivity index (χ4n) is 4.13. The maximum Gasteiger partial charge on any atom is 0.273 e. The highest BCUT2D eigenvalue weighted by Gasteiger charge is 2.19. The number of aromatic hydroxyl groups is 2. The van der Waals surface area contributed by atoms with Crippen LogP contribution in [0.25, 0.3) is 0 Å². The molecule has 6 heteroatoms. The van der Waals surface area contributed by atoms with Gasteiger partial charge in [0.2, 0.25) is 0 Å². The van der Waals surface area contributed by atoms with Crippen LogP contribution in [-0.4, -0.2) is 22.0 Å². The van der Waals surface area contributed by atoms with Gasteiger partial charge in [-0.15, -0.1) is 0 Å². The summed E-state index contributed by atoms with van der Waals surface area (Å²) in [4.78, 5) is 25.6. The molecule has 0 fully saturated rings.